The molecule has 0 aliphatic heterocycles. The van der Waals surface area contributed by atoms with Gasteiger partial charge in [-0.2, -0.15) is 4.99 Å². The molecular weight excluding hydrogens is 210 g/mol. The summed E-state index contributed by atoms with van der Waals surface area (Å²) in [5.74, 6) is -0.859. The smallest absolute Gasteiger partial charge is 0.307 e. The third-order valence-electron chi connectivity index (χ3n) is 1.69. The maximum absolute atomic E-state index is 10.3. The Kier molecular flexibility index (Phi) is 4.41. The van der Waals surface area contributed by atoms with Crippen molar-refractivity contribution in [2.75, 3.05) is 0 Å². The number of carboxylic acids is 1. The zero-order chi connectivity index (χ0) is 11.1. The van der Waals surface area contributed by atoms with Crippen molar-refractivity contribution in [1.82, 2.24) is 0 Å². The van der Waals surface area contributed by atoms with E-state index in [2.05, 4.69) is 22.4 Å². The Morgan fingerprint density at radius 2 is 2.27 bits per heavy atom. The molecule has 0 aliphatic rings. The fourth-order valence-corrected chi connectivity index (χ4v) is 1.16. The Morgan fingerprint density at radius 1 is 1.53 bits per heavy atom. The minimum atomic E-state index is -0.859. The van der Waals surface area contributed by atoms with Crippen LogP contribution in [-0.2, 0) is 4.79 Å². The van der Waals surface area contributed by atoms with E-state index in [0.717, 1.165) is 5.56 Å². The number of rotatable bonds is 4. The van der Waals surface area contributed by atoms with Gasteiger partial charge in [-0.3, -0.25) is 4.79 Å². The number of aliphatic carboxylic acids is 1. The second kappa shape index (κ2) is 5.86. The molecule has 15 heavy (non-hydrogen) atoms. The number of nitrogens with zero attached hydrogens (tertiary/aromatic N) is 1. The first-order valence-electron chi connectivity index (χ1n) is 4.29. The zero-order valence-corrected chi connectivity index (χ0v) is 8.70. The molecule has 3 nitrogen and oxygen atoms in total. The first-order valence-corrected chi connectivity index (χ1v) is 4.70. The van der Waals surface area contributed by atoms with E-state index in [1.165, 1.54) is 0 Å². The summed E-state index contributed by atoms with van der Waals surface area (Å²) >= 11 is 4.51. The third-order valence-corrected chi connectivity index (χ3v) is 1.78. The van der Waals surface area contributed by atoms with Crippen LogP contribution in [0.4, 0.5) is 5.69 Å². The standard InChI is InChI=1S/C11H9NO2S/c13-11(14)7-3-5-9-4-1-2-6-10(9)12-8-15/h1-6H,7H2,(H,13,14). The van der Waals surface area contributed by atoms with Crippen molar-refractivity contribution < 1.29 is 9.90 Å². The minimum Gasteiger partial charge on any atom is -0.481 e. The number of hydrogen-bond acceptors (Lipinski definition) is 3. The SMILES string of the molecule is O=C(O)CC=Cc1ccccc1N=C=S. The summed E-state index contributed by atoms with van der Waals surface area (Å²) < 4.78 is 0. The Balaban J connectivity index is 2.88. The summed E-state index contributed by atoms with van der Waals surface area (Å²) in [5.41, 5.74) is 1.52. The molecule has 0 bridgehead atoms. The van der Waals surface area contributed by atoms with Crippen LogP contribution in [0.5, 0.6) is 0 Å². The van der Waals surface area contributed by atoms with Gasteiger partial charge < -0.3 is 5.11 Å². The molecule has 1 aromatic carbocycles. The van der Waals surface area contributed by atoms with Gasteiger partial charge in [-0.1, -0.05) is 30.4 Å². The van der Waals surface area contributed by atoms with Crippen LogP contribution in [-0.4, -0.2) is 16.2 Å². The molecule has 0 atom stereocenters. The van der Waals surface area contributed by atoms with Crippen molar-refractivity contribution in [3.63, 3.8) is 0 Å². The van der Waals surface area contributed by atoms with Gasteiger partial charge in [0.2, 0.25) is 0 Å². The van der Waals surface area contributed by atoms with E-state index in [4.69, 9.17) is 5.11 Å². The van der Waals surface area contributed by atoms with Crippen LogP contribution < -0.4 is 0 Å². The molecular formula is C11H9NO2S. The third kappa shape index (κ3) is 3.85. The van der Waals surface area contributed by atoms with Crippen molar-refractivity contribution in [3.05, 3.63) is 35.9 Å². The highest BCUT2D eigenvalue weighted by Gasteiger charge is 1.95. The van der Waals surface area contributed by atoms with Crippen LogP contribution in [0.2, 0.25) is 0 Å². The molecule has 0 unspecified atom stereocenters. The monoisotopic (exact) mass is 219 g/mol. The normalized spacial score (nSPS) is 9.87. The van der Waals surface area contributed by atoms with Crippen LogP contribution in [0, 0.1) is 0 Å². The van der Waals surface area contributed by atoms with Crippen molar-refractivity contribution in [2.24, 2.45) is 4.99 Å². The molecule has 1 aromatic rings. The largest absolute Gasteiger partial charge is 0.481 e. The Morgan fingerprint density at radius 3 is 2.93 bits per heavy atom. The highest BCUT2D eigenvalue weighted by atomic mass is 32.1. The van der Waals surface area contributed by atoms with E-state index in [9.17, 15) is 4.79 Å². The van der Waals surface area contributed by atoms with Gasteiger partial charge in [-0.15, -0.1) is 0 Å². The molecule has 0 amide bonds. The van der Waals surface area contributed by atoms with E-state index < -0.39 is 5.97 Å². The summed E-state index contributed by atoms with van der Waals surface area (Å²) in [6, 6.07) is 7.31. The van der Waals surface area contributed by atoms with Crippen molar-refractivity contribution in [1.29, 1.82) is 0 Å². The quantitative estimate of drug-likeness (QED) is 0.625. The Hall–Kier alpha value is -1.77. The summed E-state index contributed by atoms with van der Waals surface area (Å²) in [5, 5.41) is 10.7. The molecule has 0 heterocycles. The van der Waals surface area contributed by atoms with Crippen LogP contribution in [0.1, 0.15) is 12.0 Å². The van der Waals surface area contributed by atoms with Gasteiger partial charge in [-0.05, 0) is 18.3 Å². The van der Waals surface area contributed by atoms with Crippen LogP contribution in [0.25, 0.3) is 6.08 Å². The van der Waals surface area contributed by atoms with Gasteiger partial charge in [-0.25, -0.2) is 0 Å². The molecule has 1 rings (SSSR count). The van der Waals surface area contributed by atoms with Crippen LogP contribution in [0.15, 0.2) is 35.3 Å². The number of para-hydroxylation sites is 1. The van der Waals surface area contributed by atoms with Crippen LogP contribution in [0.3, 0.4) is 0 Å². The number of thiocarbonyl (C=S) groups is 1. The molecule has 76 valence electrons. The van der Waals surface area contributed by atoms with Crippen molar-refractivity contribution >= 4 is 35.1 Å². The maximum atomic E-state index is 10.3. The maximum Gasteiger partial charge on any atom is 0.307 e. The number of hydrogen-bond donors (Lipinski definition) is 1. The van der Waals surface area contributed by atoms with Gasteiger partial charge >= 0.3 is 5.97 Å². The lowest BCUT2D eigenvalue weighted by Crippen LogP contribution is -1.89. The predicted octanol–water partition coefficient (Wildman–Crippen LogP) is 2.91. The summed E-state index contributed by atoms with van der Waals surface area (Å²) in [4.78, 5) is 14.2. The fourth-order valence-electron chi connectivity index (χ4n) is 1.07. The molecule has 0 radical (unpaired) electrons. The second-order valence-corrected chi connectivity index (χ2v) is 2.94. The Labute approximate surface area is 92.8 Å². The van der Waals surface area contributed by atoms with E-state index in [0.29, 0.717) is 5.69 Å². The van der Waals surface area contributed by atoms with Gasteiger partial charge in [0, 0.05) is 5.56 Å². The molecule has 0 saturated carbocycles. The van der Waals surface area contributed by atoms with E-state index in [1.807, 2.05) is 18.2 Å². The Bertz CT molecular complexity index is 434. The second-order valence-electron chi connectivity index (χ2n) is 2.76. The molecule has 0 saturated heterocycles. The topological polar surface area (TPSA) is 49.7 Å². The summed E-state index contributed by atoms with van der Waals surface area (Å²) in [6.45, 7) is 0. The lowest BCUT2D eigenvalue weighted by Gasteiger charge is -1.96. The van der Waals surface area contributed by atoms with Gasteiger partial charge in [0.1, 0.15) is 0 Å². The van der Waals surface area contributed by atoms with Gasteiger partial charge in [0.15, 0.2) is 0 Å². The highest BCUT2D eigenvalue weighted by molar-refractivity contribution is 7.78. The fraction of sp³-hybridized carbons (Fsp3) is 0.0909. The number of aliphatic imine (C=N–C) groups is 1. The first kappa shape index (κ1) is 11.3. The van der Waals surface area contributed by atoms with Crippen LogP contribution >= 0.6 is 12.2 Å². The predicted molar refractivity (Wildman–Crippen MR) is 62.4 cm³/mol. The minimum absolute atomic E-state index is 0.00433. The number of carbonyl (C=O) groups is 1. The average Bonchev–Trinajstić information content (AvgIpc) is 2.20. The first-order chi connectivity index (χ1) is 7.24. The molecule has 0 aliphatic carbocycles. The molecule has 0 aromatic heterocycles. The summed E-state index contributed by atoms with van der Waals surface area (Å²) in [7, 11) is 0. The number of isothiocyanates is 1. The van der Waals surface area contributed by atoms with Gasteiger partial charge in [0.05, 0.1) is 17.3 Å². The molecule has 0 spiro atoms. The lowest BCUT2D eigenvalue weighted by molar-refractivity contribution is -0.135. The van der Waals surface area contributed by atoms with Crippen molar-refractivity contribution in [3.8, 4) is 0 Å². The number of benzene rings is 1. The summed E-state index contributed by atoms with van der Waals surface area (Å²) in [6.07, 6.45) is 3.27. The average molecular weight is 219 g/mol. The number of carboxylic acid groups (broad SMARTS) is 1. The van der Waals surface area contributed by atoms with Crippen molar-refractivity contribution in [2.45, 2.75) is 6.42 Å². The molecule has 1 N–H and O–H groups in total. The van der Waals surface area contributed by atoms with E-state index in [1.54, 1.807) is 18.2 Å². The van der Waals surface area contributed by atoms with E-state index in [-0.39, 0.29) is 6.42 Å². The van der Waals surface area contributed by atoms with E-state index >= 15 is 0 Å². The molecule has 4 heteroatoms. The van der Waals surface area contributed by atoms with Gasteiger partial charge in [0.25, 0.3) is 0 Å². The zero-order valence-electron chi connectivity index (χ0n) is 7.88. The lowest BCUT2D eigenvalue weighted by atomic mass is 10.1. The molecule has 0 fully saturated rings. The highest BCUT2D eigenvalue weighted by Crippen LogP contribution is 2.19.